The Balaban J connectivity index is 1.67. The molecule has 2 saturated heterocycles. The Hall–Kier alpha value is -0.900. The highest BCUT2D eigenvalue weighted by Crippen LogP contribution is 2.24. The van der Waals surface area contributed by atoms with E-state index < -0.39 is 0 Å². The molecule has 1 aromatic carbocycles. The van der Waals surface area contributed by atoms with Crippen molar-refractivity contribution in [2.45, 2.75) is 37.8 Å². The third-order valence-electron chi connectivity index (χ3n) is 4.87. The molecule has 2 fully saturated rings. The molecule has 20 heavy (non-hydrogen) atoms. The van der Waals surface area contributed by atoms with Crippen molar-refractivity contribution >= 4 is 0 Å². The highest BCUT2D eigenvalue weighted by Gasteiger charge is 2.31. The average Bonchev–Trinajstić information content (AvgIpc) is 2.79. The lowest BCUT2D eigenvalue weighted by Gasteiger charge is -2.33. The summed E-state index contributed by atoms with van der Waals surface area (Å²) in [5.41, 5.74) is 7.59. The summed E-state index contributed by atoms with van der Waals surface area (Å²) in [6.07, 6.45) is 4.02. The quantitative estimate of drug-likeness (QED) is 0.914. The van der Waals surface area contributed by atoms with Gasteiger partial charge < -0.3 is 5.73 Å². The lowest BCUT2D eigenvalue weighted by Crippen LogP contribution is -2.47. The molecule has 0 saturated carbocycles. The zero-order valence-electron chi connectivity index (χ0n) is 12.6. The zero-order valence-corrected chi connectivity index (χ0v) is 12.6. The average molecular weight is 273 g/mol. The molecule has 3 nitrogen and oxygen atoms in total. The third-order valence-corrected chi connectivity index (χ3v) is 4.87. The van der Waals surface area contributed by atoms with Crippen molar-refractivity contribution in [1.29, 1.82) is 0 Å². The smallest absolute Gasteiger partial charge is 0.0509 e. The number of nitrogens with zero attached hydrogens (tertiary/aromatic N) is 2. The van der Waals surface area contributed by atoms with E-state index in [9.17, 15) is 0 Å². The molecule has 2 aliphatic rings. The number of benzene rings is 1. The number of hydrogen-bond donors (Lipinski definition) is 1. The molecule has 2 heterocycles. The van der Waals surface area contributed by atoms with Crippen LogP contribution in [0.4, 0.5) is 0 Å². The molecule has 2 unspecified atom stereocenters. The van der Waals surface area contributed by atoms with Crippen LogP contribution in [0, 0.1) is 0 Å². The van der Waals surface area contributed by atoms with E-state index in [0.29, 0.717) is 0 Å². The summed E-state index contributed by atoms with van der Waals surface area (Å²) in [7, 11) is 0. The fraction of sp³-hybridized carbons (Fsp3) is 0.647. The fourth-order valence-corrected chi connectivity index (χ4v) is 3.80. The molecule has 3 heteroatoms. The first-order valence-corrected chi connectivity index (χ1v) is 7.96. The van der Waals surface area contributed by atoms with Crippen LogP contribution in [0.3, 0.4) is 0 Å². The normalized spacial score (nSPS) is 27.8. The highest BCUT2D eigenvalue weighted by atomic mass is 15.3. The molecular weight excluding hydrogens is 246 g/mol. The van der Waals surface area contributed by atoms with Gasteiger partial charge in [0.2, 0.25) is 0 Å². The van der Waals surface area contributed by atoms with Crippen LogP contribution in [0.1, 0.15) is 31.7 Å². The molecule has 110 valence electrons. The van der Waals surface area contributed by atoms with Crippen LogP contribution in [0.2, 0.25) is 0 Å². The molecule has 0 aliphatic carbocycles. The van der Waals surface area contributed by atoms with Crippen molar-refractivity contribution in [3.8, 4) is 0 Å². The Morgan fingerprint density at radius 3 is 2.70 bits per heavy atom. The van der Waals surface area contributed by atoms with E-state index in [0.717, 1.165) is 12.6 Å². The van der Waals surface area contributed by atoms with Gasteiger partial charge in [-0.1, -0.05) is 30.3 Å². The van der Waals surface area contributed by atoms with Crippen LogP contribution in [0.25, 0.3) is 0 Å². The molecule has 0 aromatic heterocycles. The molecule has 1 aromatic rings. The zero-order chi connectivity index (χ0) is 14.0. The molecule has 2 atom stereocenters. The van der Waals surface area contributed by atoms with Crippen molar-refractivity contribution < 1.29 is 0 Å². The fourth-order valence-electron chi connectivity index (χ4n) is 3.80. The van der Waals surface area contributed by atoms with Gasteiger partial charge in [-0.2, -0.15) is 0 Å². The Kier molecular flexibility index (Phi) is 4.11. The van der Waals surface area contributed by atoms with Gasteiger partial charge in [0.1, 0.15) is 0 Å². The van der Waals surface area contributed by atoms with E-state index in [4.69, 9.17) is 5.73 Å². The summed E-state index contributed by atoms with van der Waals surface area (Å²) in [6.45, 7) is 8.08. The van der Waals surface area contributed by atoms with Gasteiger partial charge in [-0.25, -0.2) is 0 Å². The van der Waals surface area contributed by atoms with Crippen LogP contribution in [0.5, 0.6) is 0 Å². The summed E-state index contributed by atoms with van der Waals surface area (Å²) in [5, 5.41) is 0. The van der Waals surface area contributed by atoms with Gasteiger partial charge in [0.25, 0.3) is 0 Å². The molecule has 3 rings (SSSR count). The SMILES string of the molecule is CC(N)(CN1CCCN2CCCC2C1)c1ccccc1. The maximum absolute atomic E-state index is 6.60. The summed E-state index contributed by atoms with van der Waals surface area (Å²) in [6, 6.07) is 11.3. The molecule has 0 bridgehead atoms. The lowest BCUT2D eigenvalue weighted by molar-refractivity contribution is 0.190. The minimum absolute atomic E-state index is 0.255. The number of rotatable bonds is 3. The predicted octanol–water partition coefficient (Wildman–Crippen LogP) is 2.03. The molecule has 2 aliphatic heterocycles. The van der Waals surface area contributed by atoms with Crippen molar-refractivity contribution in [2.75, 3.05) is 32.7 Å². The van der Waals surface area contributed by atoms with Crippen LogP contribution in [-0.4, -0.2) is 48.6 Å². The second-order valence-corrected chi connectivity index (χ2v) is 6.70. The monoisotopic (exact) mass is 273 g/mol. The van der Waals surface area contributed by atoms with E-state index in [2.05, 4.69) is 47.1 Å². The van der Waals surface area contributed by atoms with E-state index in [-0.39, 0.29) is 5.54 Å². The molecular formula is C17H27N3. The number of nitrogens with two attached hydrogens (primary N) is 1. The topological polar surface area (TPSA) is 32.5 Å². The first kappa shape index (κ1) is 14.1. The Morgan fingerprint density at radius 2 is 1.90 bits per heavy atom. The maximum Gasteiger partial charge on any atom is 0.0509 e. The van der Waals surface area contributed by atoms with Gasteiger partial charge in [-0.15, -0.1) is 0 Å². The summed E-state index contributed by atoms with van der Waals surface area (Å²) >= 11 is 0. The van der Waals surface area contributed by atoms with Crippen LogP contribution in [-0.2, 0) is 5.54 Å². The van der Waals surface area contributed by atoms with E-state index >= 15 is 0 Å². The van der Waals surface area contributed by atoms with Crippen molar-refractivity contribution in [3.05, 3.63) is 35.9 Å². The van der Waals surface area contributed by atoms with Crippen molar-refractivity contribution in [3.63, 3.8) is 0 Å². The van der Waals surface area contributed by atoms with Gasteiger partial charge in [0.15, 0.2) is 0 Å². The van der Waals surface area contributed by atoms with Gasteiger partial charge >= 0.3 is 0 Å². The summed E-state index contributed by atoms with van der Waals surface area (Å²) in [4.78, 5) is 5.26. The van der Waals surface area contributed by atoms with Gasteiger partial charge in [-0.05, 0) is 51.4 Å². The third kappa shape index (κ3) is 3.05. The lowest BCUT2D eigenvalue weighted by atomic mass is 9.92. The standard InChI is InChI=1S/C17H27N3/c1-17(18,15-7-3-2-4-8-15)14-19-10-6-12-20-11-5-9-16(20)13-19/h2-4,7-8,16H,5-6,9-14,18H2,1H3. The second-order valence-electron chi connectivity index (χ2n) is 6.70. The molecule has 2 N–H and O–H groups in total. The van der Waals surface area contributed by atoms with Crippen molar-refractivity contribution in [2.24, 2.45) is 5.73 Å². The Bertz CT molecular complexity index is 429. The predicted molar refractivity (Wildman–Crippen MR) is 83.6 cm³/mol. The summed E-state index contributed by atoms with van der Waals surface area (Å²) in [5.74, 6) is 0. The van der Waals surface area contributed by atoms with Crippen molar-refractivity contribution in [1.82, 2.24) is 9.80 Å². The molecule has 0 amide bonds. The van der Waals surface area contributed by atoms with E-state index in [1.165, 1.54) is 51.0 Å². The minimum atomic E-state index is -0.255. The van der Waals surface area contributed by atoms with Crippen LogP contribution >= 0.6 is 0 Å². The molecule has 0 spiro atoms. The van der Waals surface area contributed by atoms with Gasteiger partial charge in [0, 0.05) is 19.1 Å². The van der Waals surface area contributed by atoms with E-state index in [1.807, 2.05) is 0 Å². The van der Waals surface area contributed by atoms with E-state index in [1.54, 1.807) is 0 Å². The Labute approximate surface area is 122 Å². The maximum atomic E-state index is 6.60. The first-order valence-electron chi connectivity index (χ1n) is 7.96. The largest absolute Gasteiger partial charge is 0.321 e. The van der Waals surface area contributed by atoms with Crippen LogP contribution < -0.4 is 5.73 Å². The number of hydrogen-bond acceptors (Lipinski definition) is 3. The van der Waals surface area contributed by atoms with Gasteiger partial charge in [0.05, 0.1) is 5.54 Å². The van der Waals surface area contributed by atoms with Gasteiger partial charge in [-0.3, -0.25) is 9.80 Å². The number of fused-ring (bicyclic) bond motifs is 1. The molecule has 0 radical (unpaired) electrons. The second kappa shape index (κ2) is 5.84. The highest BCUT2D eigenvalue weighted by molar-refractivity contribution is 5.23. The Morgan fingerprint density at radius 1 is 1.15 bits per heavy atom. The first-order chi connectivity index (χ1) is 9.65. The summed E-state index contributed by atoms with van der Waals surface area (Å²) < 4.78 is 0. The van der Waals surface area contributed by atoms with Crippen LogP contribution in [0.15, 0.2) is 30.3 Å². The minimum Gasteiger partial charge on any atom is -0.321 e.